The fourth-order valence-electron chi connectivity index (χ4n) is 5.69. The van der Waals surface area contributed by atoms with Crippen molar-refractivity contribution in [2.75, 3.05) is 6.61 Å². The molecule has 4 heteroatoms. The summed E-state index contributed by atoms with van der Waals surface area (Å²) in [5.41, 5.74) is 2.41. The molecule has 0 unspecified atom stereocenters. The van der Waals surface area contributed by atoms with Crippen molar-refractivity contribution in [1.82, 2.24) is 0 Å². The summed E-state index contributed by atoms with van der Waals surface area (Å²) in [6, 6.07) is 0. The number of hydrogen-bond donors (Lipinski definition) is 2. The maximum absolute atomic E-state index is 10.6. The molecular formula is C26H36O4. The van der Waals surface area contributed by atoms with Crippen LogP contribution in [0.25, 0.3) is 0 Å². The predicted octanol–water partition coefficient (Wildman–Crippen LogP) is 5.08. The molecule has 1 fully saturated rings. The first-order chi connectivity index (χ1) is 14.3. The molecule has 2 aliphatic carbocycles. The molecule has 4 nitrogen and oxygen atoms in total. The lowest BCUT2D eigenvalue weighted by atomic mass is 9.59. The monoisotopic (exact) mass is 412 g/mol. The van der Waals surface area contributed by atoms with Crippen LogP contribution in [0.2, 0.25) is 0 Å². The van der Waals surface area contributed by atoms with E-state index >= 15 is 0 Å². The molecule has 0 spiro atoms. The number of aliphatic hydroxyl groups is 1. The number of carbonyl (C=O) groups is 1. The highest BCUT2D eigenvalue weighted by Crippen LogP contribution is 2.57. The summed E-state index contributed by atoms with van der Waals surface area (Å²) in [5.74, 6) is 1.22. The third-order valence-corrected chi connectivity index (χ3v) is 7.35. The molecule has 0 radical (unpaired) electrons. The van der Waals surface area contributed by atoms with Crippen LogP contribution in [0.5, 0.6) is 0 Å². The number of epoxide rings is 1. The van der Waals surface area contributed by atoms with Gasteiger partial charge < -0.3 is 14.9 Å². The normalized spacial score (nSPS) is 37.3. The molecule has 0 aromatic heterocycles. The summed E-state index contributed by atoms with van der Waals surface area (Å²) >= 11 is 0. The average Bonchev–Trinajstić information content (AvgIpc) is 3.40. The maximum atomic E-state index is 10.6. The van der Waals surface area contributed by atoms with Crippen LogP contribution in [-0.2, 0) is 9.53 Å². The molecule has 3 rings (SSSR count). The zero-order valence-corrected chi connectivity index (χ0v) is 18.6. The van der Waals surface area contributed by atoms with E-state index in [1.807, 2.05) is 6.08 Å². The van der Waals surface area contributed by atoms with Gasteiger partial charge in [-0.05, 0) is 55.9 Å². The Morgan fingerprint density at radius 2 is 2.07 bits per heavy atom. The Morgan fingerprint density at radius 1 is 1.33 bits per heavy atom. The van der Waals surface area contributed by atoms with Gasteiger partial charge in [0.25, 0.3) is 0 Å². The molecular weight excluding hydrogens is 376 g/mol. The molecule has 0 bridgehead atoms. The molecule has 1 heterocycles. The first-order valence-electron chi connectivity index (χ1n) is 11.2. The van der Waals surface area contributed by atoms with Gasteiger partial charge >= 0.3 is 5.97 Å². The molecule has 30 heavy (non-hydrogen) atoms. The van der Waals surface area contributed by atoms with Gasteiger partial charge in [-0.1, -0.05) is 68.4 Å². The molecule has 3 aliphatic rings. The zero-order valence-electron chi connectivity index (χ0n) is 18.6. The van der Waals surface area contributed by atoms with Gasteiger partial charge in [0.2, 0.25) is 0 Å². The first kappa shape index (κ1) is 22.8. The highest BCUT2D eigenvalue weighted by molar-refractivity contribution is 5.80. The second kappa shape index (κ2) is 9.49. The van der Waals surface area contributed by atoms with E-state index in [0.29, 0.717) is 35.7 Å². The second-order valence-electron chi connectivity index (χ2n) is 9.33. The van der Waals surface area contributed by atoms with Crippen molar-refractivity contribution < 1.29 is 19.7 Å². The van der Waals surface area contributed by atoms with E-state index in [9.17, 15) is 9.90 Å². The van der Waals surface area contributed by atoms with E-state index in [4.69, 9.17) is 9.84 Å². The van der Waals surface area contributed by atoms with Crippen LogP contribution in [0.3, 0.4) is 0 Å². The minimum absolute atomic E-state index is 0.135. The van der Waals surface area contributed by atoms with E-state index in [1.54, 1.807) is 12.2 Å². The topological polar surface area (TPSA) is 70.1 Å². The van der Waals surface area contributed by atoms with Gasteiger partial charge in [-0.2, -0.15) is 0 Å². The summed E-state index contributed by atoms with van der Waals surface area (Å²) in [5, 5.41) is 18.3. The SMILES string of the molecule is CC[C@@H](C)[C@H]1O[C@]1(C)[C@@H]1C(C)=C[C@@H]2CC(CO)=CC[C@H]2[C@@H]1/C=C/C=C/C=C/C(=O)O. The summed E-state index contributed by atoms with van der Waals surface area (Å²) in [4.78, 5) is 10.6. The number of rotatable bonds is 8. The van der Waals surface area contributed by atoms with Gasteiger partial charge in [-0.3, -0.25) is 0 Å². The lowest BCUT2D eigenvalue weighted by molar-refractivity contribution is -0.131. The largest absolute Gasteiger partial charge is 0.478 e. The van der Waals surface area contributed by atoms with Crippen LogP contribution in [0.4, 0.5) is 0 Å². The molecule has 0 saturated carbocycles. The number of allylic oxidation sites excluding steroid dienone is 7. The Labute approximate surface area is 180 Å². The van der Waals surface area contributed by atoms with E-state index in [0.717, 1.165) is 30.9 Å². The number of carboxylic acids is 1. The molecule has 0 aromatic rings. The Bertz CT molecular complexity index is 787. The lowest BCUT2D eigenvalue weighted by Crippen LogP contribution is -2.42. The van der Waals surface area contributed by atoms with Gasteiger partial charge in [-0.25, -0.2) is 4.79 Å². The van der Waals surface area contributed by atoms with E-state index in [2.05, 4.69) is 52.0 Å². The molecule has 0 aromatic carbocycles. The number of aliphatic hydroxyl groups excluding tert-OH is 1. The summed E-state index contributed by atoms with van der Waals surface area (Å²) < 4.78 is 6.37. The number of fused-ring (bicyclic) bond motifs is 1. The van der Waals surface area contributed by atoms with Gasteiger partial charge in [0.15, 0.2) is 0 Å². The Morgan fingerprint density at radius 3 is 2.73 bits per heavy atom. The van der Waals surface area contributed by atoms with E-state index in [-0.39, 0.29) is 12.2 Å². The fourth-order valence-corrected chi connectivity index (χ4v) is 5.69. The van der Waals surface area contributed by atoms with Gasteiger partial charge in [0, 0.05) is 12.0 Å². The summed E-state index contributed by atoms with van der Waals surface area (Å²) in [6.45, 7) is 9.16. The van der Waals surface area contributed by atoms with Crippen molar-refractivity contribution in [1.29, 1.82) is 0 Å². The zero-order chi connectivity index (χ0) is 21.9. The minimum Gasteiger partial charge on any atom is -0.478 e. The predicted molar refractivity (Wildman–Crippen MR) is 120 cm³/mol. The Kier molecular flexibility index (Phi) is 7.20. The molecule has 2 N–H and O–H groups in total. The van der Waals surface area contributed by atoms with Crippen LogP contribution in [-0.4, -0.2) is 34.5 Å². The maximum Gasteiger partial charge on any atom is 0.328 e. The number of hydrogen-bond acceptors (Lipinski definition) is 3. The molecule has 0 amide bonds. The van der Waals surface area contributed by atoms with Crippen LogP contribution in [0.15, 0.2) is 59.8 Å². The fraction of sp³-hybridized carbons (Fsp3) is 0.577. The van der Waals surface area contributed by atoms with Crippen molar-refractivity contribution in [2.24, 2.45) is 29.6 Å². The molecule has 1 saturated heterocycles. The van der Waals surface area contributed by atoms with Crippen molar-refractivity contribution in [3.8, 4) is 0 Å². The standard InChI is InChI=1S/C26H36O4/c1-5-17(2)25-26(4,30-25)24-18(3)14-20-15-19(16-27)12-13-21(20)22(24)10-8-6-7-9-11-23(28)29/h6-12,14,17,20-22,24-25,27H,5,13,15-16H2,1-4H3,(H,28,29)/b7-6+,10-8+,11-9+/t17-,20-,21-,22+,24-,25-,26-/m1/s1. The third-order valence-electron chi connectivity index (χ3n) is 7.35. The number of carboxylic acid groups (broad SMARTS) is 1. The highest BCUT2D eigenvalue weighted by Gasteiger charge is 2.62. The van der Waals surface area contributed by atoms with Crippen LogP contribution < -0.4 is 0 Å². The van der Waals surface area contributed by atoms with Gasteiger partial charge in [0.1, 0.15) is 0 Å². The van der Waals surface area contributed by atoms with Gasteiger partial charge in [0.05, 0.1) is 18.3 Å². The van der Waals surface area contributed by atoms with Crippen LogP contribution in [0.1, 0.15) is 47.0 Å². The Hall–Kier alpha value is -1.91. The van der Waals surface area contributed by atoms with Crippen LogP contribution >= 0.6 is 0 Å². The average molecular weight is 413 g/mol. The lowest BCUT2D eigenvalue weighted by Gasteiger charge is -2.44. The smallest absolute Gasteiger partial charge is 0.328 e. The van der Waals surface area contributed by atoms with E-state index < -0.39 is 5.97 Å². The second-order valence-corrected chi connectivity index (χ2v) is 9.33. The Balaban J connectivity index is 1.87. The van der Waals surface area contributed by atoms with Crippen molar-refractivity contribution in [2.45, 2.75) is 58.7 Å². The highest BCUT2D eigenvalue weighted by atomic mass is 16.6. The molecule has 164 valence electrons. The van der Waals surface area contributed by atoms with Crippen molar-refractivity contribution in [3.05, 3.63) is 59.8 Å². The quantitative estimate of drug-likeness (QED) is 0.252. The summed E-state index contributed by atoms with van der Waals surface area (Å²) in [7, 11) is 0. The van der Waals surface area contributed by atoms with Crippen molar-refractivity contribution in [3.63, 3.8) is 0 Å². The van der Waals surface area contributed by atoms with Crippen LogP contribution in [0, 0.1) is 29.6 Å². The third kappa shape index (κ3) is 4.70. The number of ether oxygens (including phenoxy) is 1. The number of aliphatic carboxylic acids is 1. The van der Waals surface area contributed by atoms with E-state index in [1.165, 1.54) is 5.57 Å². The molecule has 1 aliphatic heterocycles. The van der Waals surface area contributed by atoms with Gasteiger partial charge in [-0.15, -0.1) is 0 Å². The van der Waals surface area contributed by atoms with Crippen molar-refractivity contribution >= 4 is 5.97 Å². The summed E-state index contributed by atoms with van der Waals surface area (Å²) in [6.07, 6.45) is 18.7. The minimum atomic E-state index is -0.942. The molecule has 7 atom stereocenters. The first-order valence-corrected chi connectivity index (χ1v) is 11.2.